The monoisotopic (exact) mass is 611 g/mol. The first-order chi connectivity index (χ1) is 22.9. The number of nitrogens with zero attached hydrogens (tertiary/aromatic N) is 5. The minimum absolute atomic E-state index is 0.345. The molecule has 2 saturated carbocycles. The molecule has 0 N–H and O–H groups in total. The second-order valence-electron chi connectivity index (χ2n) is 14.0. The van der Waals surface area contributed by atoms with Crippen LogP contribution >= 0.6 is 0 Å². The summed E-state index contributed by atoms with van der Waals surface area (Å²) < 4.78 is 0. The van der Waals surface area contributed by atoms with E-state index in [1.165, 1.54) is 48.8 Å². The maximum absolute atomic E-state index is 9.26. The van der Waals surface area contributed by atoms with Crippen LogP contribution in [-0.2, 0) is 5.41 Å². The van der Waals surface area contributed by atoms with Crippen LogP contribution in [-0.4, -0.2) is 19.9 Å². The van der Waals surface area contributed by atoms with Crippen LogP contribution in [0.5, 0.6) is 0 Å². The van der Waals surface area contributed by atoms with Crippen molar-refractivity contribution in [3.05, 3.63) is 120 Å². The quantitative estimate of drug-likeness (QED) is 0.194. The number of hydrogen-bond donors (Lipinski definition) is 0. The highest BCUT2D eigenvalue weighted by Crippen LogP contribution is 2.54. The van der Waals surface area contributed by atoms with Gasteiger partial charge in [0, 0.05) is 16.5 Å². The molecule has 4 aromatic carbocycles. The third-order valence-corrected chi connectivity index (χ3v) is 10.3. The summed E-state index contributed by atoms with van der Waals surface area (Å²) in [7, 11) is 0. The summed E-state index contributed by atoms with van der Waals surface area (Å²) in [6.07, 6.45) is 6.79. The Kier molecular flexibility index (Phi) is 7.37. The third kappa shape index (κ3) is 5.70. The van der Waals surface area contributed by atoms with Gasteiger partial charge in [-0.15, -0.1) is 0 Å². The Morgan fingerprint density at radius 3 is 1.89 bits per heavy atom. The van der Waals surface area contributed by atoms with Crippen LogP contribution in [0.15, 0.2) is 109 Å². The van der Waals surface area contributed by atoms with E-state index in [-0.39, 0.29) is 0 Å². The molecule has 2 bridgehead atoms. The lowest BCUT2D eigenvalue weighted by atomic mass is 9.54. The molecule has 8 rings (SSSR count). The van der Waals surface area contributed by atoms with Crippen molar-refractivity contribution < 1.29 is 0 Å². The van der Waals surface area contributed by atoms with E-state index >= 15 is 0 Å². The van der Waals surface area contributed by atoms with E-state index in [4.69, 9.17) is 19.9 Å². The predicted octanol–water partition coefficient (Wildman–Crippen LogP) is 10.1. The van der Waals surface area contributed by atoms with E-state index < -0.39 is 0 Å². The van der Waals surface area contributed by atoms with Gasteiger partial charge in [0.2, 0.25) is 0 Å². The van der Waals surface area contributed by atoms with E-state index in [1.807, 2.05) is 48.5 Å². The molecule has 2 heterocycles. The highest BCUT2D eigenvalue weighted by Gasteiger charge is 2.45. The lowest BCUT2D eigenvalue weighted by Crippen LogP contribution is -2.42. The molecule has 2 unspecified atom stereocenters. The highest BCUT2D eigenvalue weighted by atomic mass is 15.0. The van der Waals surface area contributed by atoms with Gasteiger partial charge in [-0.3, -0.25) is 0 Å². The fourth-order valence-electron chi connectivity index (χ4n) is 8.53. The van der Waals surface area contributed by atoms with Gasteiger partial charge in [-0.05, 0) is 114 Å². The lowest BCUT2D eigenvalue weighted by molar-refractivity contribution is 0.0780. The zero-order valence-electron chi connectivity index (χ0n) is 26.9. The van der Waals surface area contributed by atoms with Gasteiger partial charge in [0.15, 0.2) is 17.5 Å². The van der Waals surface area contributed by atoms with Gasteiger partial charge in [0.25, 0.3) is 0 Å². The topological polar surface area (TPSA) is 75.3 Å². The minimum atomic E-state index is 0.345. The number of pyridine rings is 1. The average Bonchev–Trinajstić information content (AvgIpc) is 3.11. The Balaban J connectivity index is 1.11. The van der Waals surface area contributed by atoms with Gasteiger partial charge >= 0.3 is 0 Å². The minimum Gasteiger partial charge on any atom is -0.244 e. The first kappa shape index (κ1) is 29.2. The third-order valence-electron chi connectivity index (χ3n) is 10.3. The Morgan fingerprint density at radius 1 is 0.596 bits per heavy atom. The van der Waals surface area contributed by atoms with Crippen LogP contribution in [0.4, 0.5) is 0 Å². The molecule has 5 nitrogen and oxygen atoms in total. The molecule has 2 aliphatic rings. The molecular weight excluding hydrogens is 574 g/mol. The smallest absolute Gasteiger partial charge is 0.182 e. The molecule has 2 fully saturated rings. The predicted molar refractivity (Wildman–Crippen MR) is 188 cm³/mol. The van der Waals surface area contributed by atoms with E-state index in [0.29, 0.717) is 34.1 Å². The molecule has 0 spiro atoms. The summed E-state index contributed by atoms with van der Waals surface area (Å²) in [5.41, 5.74) is 8.19. The average molecular weight is 612 g/mol. The van der Waals surface area contributed by atoms with Crippen molar-refractivity contribution in [2.24, 2.45) is 17.8 Å². The Hall–Kier alpha value is -5.21. The first-order valence-corrected chi connectivity index (χ1v) is 16.8. The van der Waals surface area contributed by atoms with Crippen molar-refractivity contribution >= 4 is 10.9 Å². The van der Waals surface area contributed by atoms with E-state index in [0.717, 1.165) is 39.8 Å². The number of nitriles is 1. The second kappa shape index (κ2) is 11.9. The SMILES string of the molecule is C[C@@H]1CC2C[C@H](C)CC(c3ccc(-c4ccc5nc(-c6nc(-c7ccccc7)nc(-c7ccc(C#N)cc7)n6)ccc5c4)cc3)(C2)C1. The highest BCUT2D eigenvalue weighted by molar-refractivity contribution is 5.86. The Bertz CT molecular complexity index is 2090. The van der Waals surface area contributed by atoms with Crippen molar-refractivity contribution in [2.45, 2.75) is 51.4 Å². The number of fused-ring (bicyclic) bond motifs is 3. The van der Waals surface area contributed by atoms with Crippen LogP contribution < -0.4 is 0 Å². The summed E-state index contributed by atoms with van der Waals surface area (Å²) in [5.74, 6) is 4.13. The molecule has 0 saturated heterocycles. The number of rotatable bonds is 5. The molecule has 5 heteroatoms. The van der Waals surface area contributed by atoms with Crippen molar-refractivity contribution in [3.63, 3.8) is 0 Å². The zero-order valence-corrected chi connectivity index (χ0v) is 26.9. The molecule has 0 amide bonds. The molecule has 230 valence electrons. The maximum Gasteiger partial charge on any atom is 0.182 e. The molecule has 2 aliphatic carbocycles. The fraction of sp³-hybridized carbons (Fsp3) is 0.262. The van der Waals surface area contributed by atoms with Crippen LogP contribution in [0.3, 0.4) is 0 Å². The van der Waals surface area contributed by atoms with Crippen molar-refractivity contribution in [2.75, 3.05) is 0 Å². The fourth-order valence-corrected chi connectivity index (χ4v) is 8.53. The number of aromatic nitrogens is 4. The molecule has 0 radical (unpaired) electrons. The van der Waals surface area contributed by atoms with E-state index in [1.54, 1.807) is 12.1 Å². The van der Waals surface area contributed by atoms with Gasteiger partial charge in [-0.25, -0.2) is 19.9 Å². The molecule has 2 aromatic heterocycles. The van der Waals surface area contributed by atoms with Crippen LogP contribution in [0, 0.1) is 29.1 Å². The van der Waals surface area contributed by atoms with Crippen LogP contribution in [0.1, 0.15) is 57.1 Å². The largest absolute Gasteiger partial charge is 0.244 e. The lowest BCUT2D eigenvalue weighted by Gasteiger charge is -2.50. The van der Waals surface area contributed by atoms with Crippen LogP contribution in [0.25, 0.3) is 56.3 Å². The molecule has 4 atom stereocenters. The van der Waals surface area contributed by atoms with E-state index in [9.17, 15) is 5.26 Å². The standard InChI is InChI=1S/C42H37N5/c1-27-20-30-21-28(2)24-42(23-27,25-30)36-16-12-31(13-17-36)34-14-18-37-35(22-34)15-19-38(44-37)41-46-39(32-6-4-3-5-7-32)45-40(47-41)33-10-8-29(26-43)9-11-33/h3-19,22,27-28,30H,20-21,23-25H2,1-2H3/t27-,28+,30?,42?. The van der Waals surface area contributed by atoms with Crippen molar-refractivity contribution in [1.82, 2.24) is 19.9 Å². The maximum atomic E-state index is 9.26. The van der Waals surface area contributed by atoms with Gasteiger partial charge in [-0.2, -0.15) is 5.26 Å². The Labute approximate surface area is 276 Å². The molecule has 47 heavy (non-hydrogen) atoms. The molecule has 0 aliphatic heterocycles. The van der Waals surface area contributed by atoms with E-state index in [2.05, 4.69) is 68.4 Å². The van der Waals surface area contributed by atoms with Gasteiger partial charge in [0.1, 0.15) is 5.69 Å². The Morgan fingerprint density at radius 2 is 1.21 bits per heavy atom. The van der Waals surface area contributed by atoms with Gasteiger partial charge in [0.05, 0.1) is 17.1 Å². The molecule has 6 aromatic rings. The van der Waals surface area contributed by atoms with Crippen LogP contribution in [0.2, 0.25) is 0 Å². The van der Waals surface area contributed by atoms with Gasteiger partial charge < -0.3 is 0 Å². The normalized spacial score (nSPS) is 22.1. The number of hydrogen-bond acceptors (Lipinski definition) is 5. The first-order valence-electron chi connectivity index (χ1n) is 16.8. The zero-order chi connectivity index (χ0) is 32.0. The van der Waals surface area contributed by atoms with Gasteiger partial charge in [-0.1, -0.05) is 80.6 Å². The summed E-state index contributed by atoms with van der Waals surface area (Å²) >= 11 is 0. The summed E-state index contributed by atoms with van der Waals surface area (Å²) in [6, 6.07) is 39.4. The second-order valence-corrected chi connectivity index (χ2v) is 14.0. The summed E-state index contributed by atoms with van der Waals surface area (Å²) in [5, 5.41) is 10.3. The summed E-state index contributed by atoms with van der Waals surface area (Å²) in [4.78, 5) is 19.5. The number of benzene rings is 4. The van der Waals surface area contributed by atoms with Crippen molar-refractivity contribution in [1.29, 1.82) is 5.26 Å². The summed E-state index contributed by atoms with van der Waals surface area (Å²) in [6.45, 7) is 4.91. The van der Waals surface area contributed by atoms with Crippen molar-refractivity contribution in [3.8, 4) is 51.5 Å². The molecular formula is C42H37N5.